The Hall–Kier alpha value is -2.57. The molecule has 134 valence electrons. The fourth-order valence-corrected chi connectivity index (χ4v) is 2.73. The monoisotopic (exact) mass is 389 g/mol. The Kier molecular flexibility index (Phi) is 6.09. The molecule has 6 nitrogen and oxygen atoms in total. The Morgan fingerprint density at radius 1 is 1.15 bits per heavy atom. The highest BCUT2D eigenvalue weighted by molar-refractivity contribution is 6.31. The van der Waals surface area contributed by atoms with Crippen LogP contribution in [0.5, 0.6) is 5.75 Å². The number of halogens is 2. The average Bonchev–Trinajstić information content (AvgIpc) is 3.08. The second-order valence-electron chi connectivity index (χ2n) is 5.46. The maximum atomic E-state index is 6.18. The number of aromatic nitrogens is 4. The van der Waals surface area contributed by atoms with E-state index in [1.165, 1.54) is 0 Å². The number of anilines is 1. The number of tetrazole rings is 1. The summed E-state index contributed by atoms with van der Waals surface area (Å²) in [5.74, 6) is 1.26. The van der Waals surface area contributed by atoms with Crippen molar-refractivity contribution in [2.24, 2.45) is 0 Å². The molecule has 0 unspecified atom stereocenters. The number of nitrogens with one attached hydrogen (secondary N) is 1. The fourth-order valence-electron chi connectivity index (χ4n) is 2.35. The van der Waals surface area contributed by atoms with Gasteiger partial charge >= 0.3 is 0 Å². The van der Waals surface area contributed by atoms with E-state index in [1.807, 2.05) is 36.4 Å². The predicted octanol–water partition coefficient (Wildman–Crippen LogP) is 4.36. The number of benzene rings is 2. The molecule has 0 radical (unpaired) electrons. The van der Waals surface area contributed by atoms with Gasteiger partial charge in [0.15, 0.2) is 0 Å². The number of hydrogen-bond acceptors (Lipinski definition) is 5. The Labute approximate surface area is 161 Å². The lowest BCUT2D eigenvalue weighted by Crippen LogP contribution is -2.09. The quantitative estimate of drug-likeness (QED) is 0.579. The van der Waals surface area contributed by atoms with Gasteiger partial charge in [-0.1, -0.05) is 52.6 Å². The Morgan fingerprint density at radius 2 is 2.00 bits per heavy atom. The molecule has 26 heavy (non-hydrogen) atoms. The van der Waals surface area contributed by atoms with Gasteiger partial charge in [-0.15, -0.1) is 6.58 Å². The number of rotatable bonds is 8. The molecule has 0 aliphatic heterocycles. The van der Waals surface area contributed by atoms with E-state index < -0.39 is 0 Å². The Bertz CT molecular complexity index is 897. The summed E-state index contributed by atoms with van der Waals surface area (Å²) >= 11 is 12.3. The molecule has 8 heteroatoms. The first-order valence-electron chi connectivity index (χ1n) is 7.93. The molecule has 1 aromatic heterocycles. The van der Waals surface area contributed by atoms with Crippen LogP contribution in [-0.2, 0) is 19.7 Å². The smallest absolute Gasteiger partial charge is 0.243 e. The zero-order valence-electron chi connectivity index (χ0n) is 13.9. The minimum absolute atomic E-state index is 0.364. The molecule has 0 saturated carbocycles. The molecule has 3 aromatic rings. The third-order valence-electron chi connectivity index (χ3n) is 3.63. The molecule has 0 amide bonds. The van der Waals surface area contributed by atoms with Gasteiger partial charge in [0.05, 0.1) is 6.54 Å². The van der Waals surface area contributed by atoms with Gasteiger partial charge in [0.2, 0.25) is 5.95 Å². The summed E-state index contributed by atoms with van der Waals surface area (Å²) in [6.45, 7) is 5.02. The van der Waals surface area contributed by atoms with E-state index in [1.54, 1.807) is 16.8 Å². The van der Waals surface area contributed by atoms with Crippen molar-refractivity contribution in [2.45, 2.75) is 19.7 Å². The van der Waals surface area contributed by atoms with E-state index >= 15 is 0 Å². The van der Waals surface area contributed by atoms with Crippen LogP contribution in [0.15, 0.2) is 55.1 Å². The molecule has 0 fully saturated rings. The first-order chi connectivity index (χ1) is 12.7. The summed E-state index contributed by atoms with van der Waals surface area (Å²) in [6.07, 6.45) is 1.72. The van der Waals surface area contributed by atoms with Crippen LogP contribution < -0.4 is 10.1 Å². The van der Waals surface area contributed by atoms with Crippen LogP contribution in [0.2, 0.25) is 10.0 Å². The van der Waals surface area contributed by atoms with E-state index in [-0.39, 0.29) is 0 Å². The SMILES string of the molecule is C=CCn1nnnc1NCc1cc(Cl)ccc1OCc1ccccc1Cl. The van der Waals surface area contributed by atoms with Crippen LogP contribution in [0.25, 0.3) is 0 Å². The lowest BCUT2D eigenvalue weighted by atomic mass is 10.2. The lowest BCUT2D eigenvalue weighted by Gasteiger charge is -2.13. The van der Waals surface area contributed by atoms with Crippen LogP contribution in [0.3, 0.4) is 0 Å². The lowest BCUT2D eigenvalue weighted by molar-refractivity contribution is 0.303. The van der Waals surface area contributed by atoms with E-state index in [2.05, 4.69) is 27.4 Å². The standard InChI is InChI=1S/C18H17Cl2N5O/c1-2-9-25-18(22-23-24-25)21-11-14-10-15(19)7-8-17(14)26-12-13-5-3-4-6-16(13)20/h2-8,10H,1,9,11-12H2,(H,21,22,24). The van der Waals surface area contributed by atoms with E-state index in [9.17, 15) is 0 Å². The molecule has 0 bridgehead atoms. The van der Waals surface area contributed by atoms with Crippen molar-refractivity contribution >= 4 is 29.2 Å². The van der Waals surface area contributed by atoms with E-state index in [0.29, 0.717) is 41.4 Å². The molecule has 3 rings (SSSR count). The van der Waals surface area contributed by atoms with Crippen LogP contribution in [-0.4, -0.2) is 20.2 Å². The van der Waals surface area contributed by atoms with Crippen molar-refractivity contribution in [3.05, 3.63) is 76.3 Å². The van der Waals surface area contributed by atoms with Gasteiger partial charge < -0.3 is 10.1 Å². The third kappa shape index (κ3) is 4.53. The molecule has 0 saturated heterocycles. The second kappa shape index (κ2) is 8.69. The van der Waals surface area contributed by atoms with Gasteiger partial charge in [0.25, 0.3) is 0 Å². The molecule has 1 heterocycles. The number of hydrogen-bond donors (Lipinski definition) is 1. The van der Waals surface area contributed by atoms with Crippen molar-refractivity contribution in [2.75, 3.05) is 5.32 Å². The van der Waals surface area contributed by atoms with Gasteiger partial charge in [0, 0.05) is 27.7 Å². The van der Waals surface area contributed by atoms with Crippen LogP contribution in [0.1, 0.15) is 11.1 Å². The Balaban J connectivity index is 1.72. The zero-order valence-corrected chi connectivity index (χ0v) is 15.4. The highest BCUT2D eigenvalue weighted by atomic mass is 35.5. The average molecular weight is 390 g/mol. The molecular formula is C18H17Cl2N5O. The van der Waals surface area contributed by atoms with Crippen LogP contribution in [0.4, 0.5) is 5.95 Å². The summed E-state index contributed by atoms with van der Waals surface area (Å²) in [7, 11) is 0. The number of nitrogens with zero attached hydrogens (tertiary/aromatic N) is 4. The first-order valence-corrected chi connectivity index (χ1v) is 8.68. The molecule has 2 aromatic carbocycles. The highest BCUT2D eigenvalue weighted by Crippen LogP contribution is 2.26. The fraction of sp³-hybridized carbons (Fsp3) is 0.167. The summed E-state index contributed by atoms with van der Waals surface area (Å²) in [4.78, 5) is 0. The minimum Gasteiger partial charge on any atom is -0.488 e. The van der Waals surface area contributed by atoms with Crippen LogP contribution in [0, 0.1) is 0 Å². The molecule has 0 aliphatic rings. The third-order valence-corrected chi connectivity index (χ3v) is 4.24. The summed E-state index contributed by atoms with van der Waals surface area (Å²) in [6, 6.07) is 13.0. The number of ether oxygens (including phenoxy) is 1. The highest BCUT2D eigenvalue weighted by Gasteiger charge is 2.09. The predicted molar refractivity (Wildman–Crippen MR) is 103 cm³/mol. The van der Waals surface area contributed by atoms with E-state index in [4.69, 9.17) is 27.9 Å². The van der Waals surface area contributed by atoms with Gasteiger partial charge in [-0.2, -0.15) is 0 Å². The molecule has 1 N–H and O–H groups in total. The largest absolute Gasteiger partial charge is 0.488 e. The van der Waals surface area contributed by atoms with Crippen molar-refractivity contribution in [1.82, 2.24) is 20.2 Å². The van der Waals surface area contributed by atoms with Gasteiger partial charge in [-0.3, -0.25) is 0 Å². The van der Waals surface area contributed by atoms with Gasteiger partial charge in [-0.05, 0) is 34.7 Å². The van der Waals surface area contributed by atoms with Crippen molar-refractivity contribution in [3.8, 4) is 5.75 Å². The zero-order chi connectivity index (χ0) is 18.4. The molecule has 0 spiro atoms. The second-order valence-corrected chi connectivity index (χ2v) is 6.30. The maximum Gasteiger partial charge on any atom is 0.243 e. The first kappa shape index (κ1) is 18.2. The molecular weight excluding hydrogens is 373 g/mol. The normalized spacial score (nSPS) is 10.5. The van der Waals surface area contributed by atoms with E-state index in [0.717, 1.165) is 11.1 Å². The van der Waals surface area contributed by atoms with Crippen molar-refractivity contribution in [3.63, 3.8) is 0 Å². The summed E-state index contributed by atoms with van der Waals surface area (Å²) in [5.41, 5.74) is 1.80. The summed E-state index contributed by atoms with van der Waals surface area (Å²) in [5, 5.41) is 16.0. The Morgan fingerprint density at radius 3 is 2.81 bits per heavy atom. The maximum absolute atomic E-state index is 6.18. The number of allylic oxidation sites excluding steroid dienone is 1. The minimum atomic E-state index is 0.364. The van der Waals surface area contributed by atoms with Crippen LogP contribution >= 0.6 is 23.2 Å². The molecule has 0 aliphatic carbocycles. The van der Waals surface area contributed by atoms with Gasteiger partial charge in [0.1, 0.15) is 12.4 Å². The van der Waals surface area contributed by atoms with Crippen molar-refractivity contribution < 1.29 is 4.74 Å². The summed E-state index contributed by atoms with van der Waals surface area (Å²) < 4.78 is 7.56. The van der Waals surface area contributed by atoms with Crippen molar-refractivity contribution in [1.29, 1.82) is 0 Å². The van der Waals surface area contributed by atoms with Gasteiger partial charge in [-0.25, -0.2) is 4.68 Å². The molecule has 0 atom stereocenters. The topological polar surface area (TPSA) is 64.9 Å².